The zero-order valence-electron chi connectivity index (χ0n) is 8.91. The molecule has 1 aromatic heterocycles. The number of aromatic nitrogens is 1. The third kappa shape index (κ3) is 1.16. The van der Waals surface area contributed by atoms with Crippen molar-refractivity contribution in [3.8, 4) is 0 Å². The summed E-state index contributed by atoms with van der Waals surface area (Å²) in [7, 11) is 0. The van der Waals surface area contributed by atoms with Gasteiger partial charge in [-0.05, 0) is 31.4 Å². The molecule has 3 heterocycles. The zero-order chi connectivity index (χ0) is 10.6. The Labute approximate surface area is 88.5 Å². The van der Waals surface area contributed by atoms with Crippen LogP contribution in [0, 0.1) is 6.92 Å². The fraction of sp³-hybridized carbons (Fsp3) is 0.500. The lowest BCUT2D eigenvalue weighted by molar-refractivity contribution is 0.0701. The summed E-state index contributed by atoms with van der Waals surface area (Å²) in [6.45, 7) is 3.60. The smallest absolute Gasteiger partial charge is 0.178 e. The monoisotopic (exact) mass is 203 g/mol. The van der Waals surface area contributed by atoms with E-state index in [2.05, 4.69) is 4.98 Å². The molecule has 2 unspecified atom stereocenters. The summed E-state index contributed by atoms with van der Waals surface area (Å²) in [6, 6.07) is 1.88. The normalized spacial score (nSPS) is 26.8. The molecule has 2 aliphatic heterocycles. The van der Waals surface area contributed by atoms with E-state index in [1.807, 2.05) is 13.0 Å². The summed E-state index contributed by atoms with van der Waals surface area (Å²) in [5, 5.41) is 0. The number of carbonyl (C=O) groups is 1. The molecule has 2 aliphatic rings. The minimum absolute atomic E-state index is 0.0312. The van der Waals surface area contributed by atoms with Gasteiger partial charge in [0, 0.05) is 12.5 Å². The molecule has 0 aromatic carbocycles. The Morgan fingerprint density at radius 3 is 2.93 bits per heavy atom. The molecule has 0 radical (unpaired) electrons. The number of hydrogen-bond donors (Lipinski definition) is 0. The van der Waals surface area contributed by atoms with Gasteiger partial charge in [0.05, 0.1) is 11.8 Å². The van der Waals surface area contributed by atoms with E-state index in [0.717, 1.165) is 24.1 Å². The highest BCUT2D eigenvalue weighted by Gasteiger charge is 2.40. The number of ether oxygens (including phenoxy) is 1. The fourth-order valence-electron chi connectivity index (χ4n) is 2.60. The first-order valence-electron chi connectivity index (χ1n) is 5.34. The molecule has 3 heteroatoms. The lowest BCUT2D eigenvalue weighted by atomic mass is 9.92. The highest BCUT2D eigenvalue weighted by Crippen LogP contribution is 2.50. The van der Waals surface area contributed by atoms with Gasteiger partial charge in [-0.2, -0.15) is 0 Å². The summed E-state index contributed by atoms with van der Waals surface area (Å²) in [5.74, 6) is 0.0312. The molecule has 1 fully saturated rings. The molecule has 3 rings (SSSR count). The molecule has 2 bridgehead atoms. The second kappa shape index (κ2) is 2.89. The molecule has 3 nitrogen and oxygen atoms in total. The molecule has 1 aromatic rings. The standard InChI is InChI=1S/C12H13NO2/c1-6-5-8(7(2)14)13-12-10-4-3-9(15-10)11(6)12/h5,9-10H,3-4H2,1-2H3. The fourth-order valence-corrected chi connectivity index (χ4v) is 2.60. The van der Waals surface area contributed by atoms with Gasteiger partial charge in [-0.15, -0.1) is 0 Å². The topological polar surface area (TPSA) is 39.2 Å². The SMILES string of the molecule is CC(=O)c1cc(C)c2c(n1)C1CCC2O1. The predicted molar refractivity (Wildman–Crippen MR) is 54.8 cm³/mol. The summed E-state index contributed by atoms with van der Waals surface area (Å²) in [5.41, 5.74) is 3.97. The maximum absolute atomic E-state index is 11.3. The number of fused-ring (bicyclic) bond motifs is 5. The van der Waals surface area contributed by atoms with E-state index in [4.69, 9.17) is 4.74 Å². The molecular formula is C12H13NO2. The van der Waals surface area contributed by atoms with Crippen molar-refractivity contribution in [3.63, 3.8) is 0 Å². The summed E-state index contributed by atoms with van der Waals surface area (Å²) in [6.07, 6.45) is 2.52. The molecule has 0 amide bonds. The predicted octanol–water partition coefficient (Wildman–Crippen LogP) is 2.50. The molecular weight excluding hydrogens is 190 g/mol. The first-order chi connectivity index (χ1) is 7.16. The van der Waals surface area contributed by atoms with Crippen LogP contribution in [0.3, 0.4) is 0 Å². The number of aryl methyl sites for hydroxylation is 1. The number of ketones is 1. The molecule has 2 atom stereocenters. The average Bonchev–Trinajstić information content (AvgIpc) is 2.77. The van der Waals surface area contributed by atoms with E-state index < -0.39 is 0 Å². The summed E-state index contributed by atoms with van der Waals surface area (Å²) < 4.78 is 5.78. The van der Waals surface area contributed by atoms with Gasteiger partial charge in [-0.1, -0.05) is 0 Å². The minimum atomic E-state index is 0.0312. The number of rotatable bonds is 1. The van der Waals surface area contributed by atoms with Crippen molar-refractivity contribution in [2.45, 2.75) is 38.9 Å². The zero-order valence-corrected chi connectivity index (χ0v) is 8.91. The highest BCUT2D eigenvalue weighted by atomic mass is 16.5. The van der Waals surface area contributed by atoms with Gasteiger partial charge in [-0.3, -0.25) is 4.79 Å². The molecule has 78 valence electrons. The Kier molecular flexibility index (Phi) is 1.74. The average molecular weight is 203 g/mol. The van der Waals surface area contributed by atoms with Crippen LogP contribution in [-0.4, -0.2) is 10.8 Å². The van der Waals surface area contributed by atoms with Gasteiger partial charge >= 0.3 is 0 Å². The molecule has 1 saturated heterocycles. The number of carbonyl (C=O) groups excluding carboxylic acids is 1. The van der Waals surface area contributed by atoms with Crippen molar-refractivity contribution in [1.29, 1.82) is 0 Å². The van der Waals surface area contributed by atoms with E-state index in [9.17, 15) is 4.79 Å². The number of nitrogens with zero attached hydrogens (tertiary/aromatic N) is 1. The van der Waals surface area contributed by atoms with Gasteiger partial charge in [0.2, 0.25) is 0 Å². The van der Waals surface area contributed by atoms with Crippen molar-refractivity contribution in [2.24, 2.45) is 0 Å². The van der Waals surface area contributed by atoms with Gasteiger partial charge in [0.25, 0.3) is 0 Å². The Morgan fingerprint density at radius 2 is 2.20 bits per heavy atom. The molecule has 15 heavy (non-hydrogen) atoms. The van der Waals surface area contributed by atoms with Crippen LogP contribution in [0.4, 0.5) is 0 Å². The van der Waals surface area contributed by atoms with Crippen LogP contribution in [0.1, 0.15) is 59.3 Å². The first kappa shape index (κ1) is 9.04. The molecule has 0 spiro atoms. The lowest BCUT2D eigenvalue weighted by Gasteiger charge is -2.13. The van der Waals surface area contributed by atoms with Crippen LogP contribution in [0.25, 0.3) is 0 Å². The summed E-state index contributed by atoms with van der Waals surface area (Å²) >= 11 is 0. The third-order valence-corrected chi connectivity index (χ3v) is 3.30. The minimum Gasteiger partial charge on any atom is -0.364 e. The maximum atomic E-state index is 11.3. The van der Waals surface area contributed by atoms with Crippen molar-refractivity contribution in [3.05, 3.63) is 28.6 Å². The van der Waals surface area contributed by atoms with E-state index in [-0.39, 0.29) is 18.0 Å². The van der Waals surface area contributed by atoms with Crippen LogP contribution in [0.5, 0.6) is 0 Å². The number of hydrogen-bond acceptors (Lipinski definition) is 3. The Balaban J connectivity index is 2.20. The highest BCUT2D eigenvalue weighted by molar-refractivity contribution is 5.92. The van der Waals surface area contributed by atoms with Crippen molar-refractivity contribution >= 4 is 5.78 Å². The molecule has 0 saturated carbocycles. The second-order valence-corrected chi connectivity index (χ2v) is 4.37. The number of Topliss-reactive ketones (excluding diaryl/α,β-unsaturated/α-hetero) is 1. The van der Waals surface area contributed by atoms with Gasteiger partial charge in [0.15, 0.2) is 5.78 Å². The van der Waals surface area contributed by atoms with Crippen molar-refractivity contribution in [2.75, 3.05) is 0 Å². The summed E-state index contributed by atoms with van der Waals surface area (Å²) in [4.78, 5) is 15.7. The lowest BCUT2D eigenvalue weighted by Crippen LogP contribution is -2.08. The van der Waals surface area contributed by atoms with Gasteiger partial charge < -0.3 is 4.74 Å². The van der Waals surface area contributed by atoms with Crippen molar-refractivity contribution in [1.82, 2.24) is 4.98 Å². The van der Waals surface area contributed by atoms with Gasteiger partial charge in [-0.25, -0.2) is 4.98 Å². The van der Waals surface area contributed by atoms with Crippen LogP contribution >= 0.6 is 0 Å². The second-order valence-electron chi connectivity index (χ2n) is 4.37. The van der Waals surface area contributed by atoms with Crippen LogP contribution < -0.4 is 0 Å². The maximum Gasteiger partial charge on any atom is 0.178 e. The van der Waals surface area contributed by atoms with Crippen LogP contribution in [0.15, 0.2) is 6.07 Å². The largest absolute Gasteiger partial charge is 0.364 e. The van der Waals surface area contributed by atoms with E-state index in [0.29, 0.717) is 5.69 Å². The Bertz CT molecular complexity index is 453. The quantitative estimate of drug-likeness (QED) is 0.658. The van der Waals surface area contributed by atoms with E-state index in [1.165, 1.54) is 5.56 Å². The molecule has 0 N–H and O–H groups in total. The van der Waals surface area contributed by atoms with Crippen LogP contribution in [0.2, 0.25) is 0 Å². The van der Waals surface area contributed by atoms with E-state index in [1.54, 1.807) is 6.92 Å². The Hall–Kier alpha value is -1.22. The third-order valence-electron chi connectivity index (χ3n) is 3.30. The molecule has 0 aliphatic carbocycles. The first-order valence-corrected chi connectivity index (χ1v) is 5.34. The van der Waals surface area contributed by atoms with Crippen molar-refractivity contribution < 1.29 is 9.53 Å². The Morgan fingerprint density at radius 1 is 1.47 bits per heavy atom. The number of pyridine rings is 1. The van der Waals surface area contributed by atoms with E-state index >= 15 is 0 Å². The van der Waals surface area contributed by atoms with Gasteiger partial charge in [0.1, 0.15) is 11.8 Å². The van der Waals surface area contributed by atoms with Crippen LogP contribution in [-0.2, 0) is 4.74 Å².